The molecule has 0 saturated heterocycles. The summed E-state index contributed by atoms with van der Waals surface area (Å²) in [5.41, 5.74) is 1.92. The first-order valence-electron chi connectivity index (χ1n) is 11.0. The van der Waals surface area contributed by atoms with Gasteiger partial charge in [-0.25, -0.2) is 18.6 Å². The first-order chi connectivity index (χ1) is 16.4. The average Bonchev–Trinajstić information content (AvgIpc) is 3.09. The summed E-state index contributed by atoms with van der Waals surface area (Å²) in [4.78, 5) is 22.5. The number of aliphatic hydroxyl groups excluding tert-OH is 1. The molecule has 0 radical (unpaired) electrons. The van der Waals surface area contributed by atoms with Crippen molar-refractivity contribution in [3.8, 4) is 5.88 Å². The summed E-state index contributed by atoms with van der Waals surface area (Å²) in [6, 6.07) is 4.85. The molecule has 1 atom stereocenters. The second-order valence-corrected chi connectivity index (χ2v) is 9.76. The van der Waals surface area contributed by atoms with Crippen molar-refractivity contribution < 1.29 is 28.2 Å². The van der Waals surface area contributed by atoms with Crippen LogP contribution in [0, 0.1) is 11.6 Å². The molecule has 35 heavy (non-hydrogen) atoms. The van der Waals surface area contributed by atoms with E-state index in [1.807, 2.05) is 13.8 Å². The Bertz CT molecular complexity index is 1340. The molecule has 0 aliphatic carbocycles. The molecule has 0 bridgehead atoms. The number of ether oxygens (including phenoxy) is 2. The first kappa shape index (κ1) is 24.9. The minimum absolute atomic E-state index is 0.134. The lowest BCUT2D eigenvalue weighted by molar-refractivity contribution is -0.140. The summed E-state index contributed by atoms with van der Waals surface area (Å²) in [5, 5.41) is 11.4. The molecule has 0 amide bonds. The van der Waals surface area contributed by atoms with Gasteiger partial charge < -0.3 is 24.5 Å². The van der Waals surface area contributed by atoms with Gasteiger partial charge in [-0.15, -0.1) is 0 Å². The SMILES string of the molecule is COc1nc2c3c([nH]c2cc1Cl)C(C(=O)OC(C)C)=CN(C(O)c1ccc(F)c(F)c1)CC3(C)C. The van der Waals surface area contributed by atoms with Gasteiger partial charge in [-0.05, 0) is 32.0 Å². The van der Waals surface area contributed by atoms with E-state index in [4.69, 9.17) is 21.1 Å². The van der Waals surface area contributed by atoms with Crippen LogP contribution in [0.15, 0.2) is 30.5 Å². The van der Waals surface area contributed by atoms with Crippen molar-refractivity contribution in [1.82, 2.24) is 14.9 Å². The molecule has 186 valence electrons. The van der Waals surface area contributed by atoms with Crippen LogP contribution in [0.3, 0.4) is 0 Å². The van der Waals surface area contributed by atoms with Crippen molar-refractivity contribution in [2.24, 2.45) is 0 Å². The molecule has 2 N–H and O–H groups in total. The van der Waals surface area contributed by atoms with Gasteiger partial charge in [0.25, 0.3) is 0 Å². The van der Waals surface area contributed by atoms with Crippen LogP contribution in [-0.4, -0.2) is 45.7 Å². The third kappa shape index (κ3) is 4.58. The molecule has 1 unspecified atom stereocenters. The molecular formula is C25H26ClF2N3O4. The molecule has 3 heterocycles. The Labute approximate surface area is 206 Å². The Balaban J connectivity index is 1.92. The van der Waals surface area contributed by atoms with Gasteiger partial charge in [0.1, 0.15) is 5.02 Å². The monoisotopic (exact) mass is 505 g/mol. The molecule has 2 aromatic heterocycles. The summed E-state index contributed by atoms with van der Waals surface area (Å²) in [5.74, 6) is -2.49. The summed E-state index contributed by atoms with van der Waals surface area (Å²) in [7, 11) is 1.46. The number of aliphatic hydroxyl groups is 1. The normalized spacial score (nSPS) is 16.1. The van der Waals surface area contributed by atoms with E-state index in [9.17, 15) is 18.7 Å². The van der Waals surface area contributed by atoms with Crippen molar-refractivity contribution in [2.45, 2.75) is 45.4 Å². The van der Waals surface area contributed by atoms with Crippen LogP contribution in [0.25, 0.3) is 16.6 Å². The number of carbonyl (C=O) groups is 1. The van der Waals surface area contributed by atoms with Crippen LogP contribution >= 0.6 is 11.6 Å². The van der Waals surface area contributed by atoms with E-state index in [0.29, 0.717) is 27.3 Å². The number of halogens is 3. The van der Waals surface area contributed by atoms with Gasteiger partial charge in [0.05, 0.1) is 35.5 Å². The molecule has 10 heteroatoms. The Kier molecular flexibility index (Phi) is 6.50. The van der Waals surface area contributed by atoms with Crippen LogP contribution in [-0.2, 0) is 14.9 Å². The van der Waals surface area contributed by atoms with Gasteiger partial charge in [0.15, 0.2) is 17.9 Å². The zero-order valence-corrected chi connectivity index (χ0v) is 20.7. The van der Waals surface area contributed by atoms with E-state index in [0.717, 1.165) is 12.1 Å². The number of carbonyl (C=O) groups excluding carboxylic acids is 1. The number of hydrogen-bond acceptors (Lipinski definition) is 6. The van der Waals surface area contributed by atoms with Gasteiger partial charge in [-0.2, -0.15) is 0 Å². The van der Waals surface area contributed by atoms with Crippen LogP contribution in [0.4, 0.5) is 8.78 Å². The summed E-state index contributed by atoms with van der Waals surface area (Å²) in [6.07, 6.45) is -0.290. The van der Waals surface area contributed by atoms with Gasteiger partial charge in [-0.1, -0.05) is 31.5 Å². The standard InChI is InChI=1S/C25H26ClF2N3O4/c1-12(2)35-24(33)14-10-31(23(32)13-6-7-16(27)17(28)8-13)11-25(3,4)19-20(14)29-18-9-15(26)22(34-5)30-21(18)19/h6-10,12,23,29,32H,11H2,1-5H3. The van der Waals surface area contributed by atoms with Gasteiger partial charge in [0, 0.05) is 29.3 Å². The zero-order chi connectivity index (χ0) is 25.7. The molecule has 4 rings (SSSR count). The number of hydrogen-bond donors (Lipinski definition) is 2. The molecule has 0 fully saturated rings. The van der Waals surface area contributed by atoms with Crippen molar-refractivity contribution in [3.63, 3.8) is 0 Å². The highest BCUT2D eigenvalue weighted by Gasteiger charge is 2.38. The lowest BCUT2D eigenvalue weighted by Gasteiger charge is -2.33. The Morgan fingerprint density at radius 1 is 1.26 bits per heavy atom. The molecular weight excluding hydrogens is 480 g/mol. The van der Waals surface area contributed by atoms with Gasteiger partial charge in [0.2, 0.25) is 5.88 Å². The number of rotatable bonds is 5. The quantitative estimate of drug-likeness (QED) is 0.470. The van der Waals surface area contributed by atoms with Crippen LogP contribution in [0.1, 0.15) is 50.7 Å². The Morgan fingerprint density at radius 3 is 2.60 bits per heavy atom. The first-order valence-corrected chi connectivity index (χ1v) is 11.4. The Morgan fingerprint density at radius 2 is 1.97 bits per heavy atom. The van der Waals surface area contributed by atoms with E-state index >= 15 is 0 Å². The summed E-state index contributed by atoms with van der Waals surface area (Å²) < 4.78 is 38.2. The number of aromatic nitrogens is 2. The molecule has 3 aromatic rings. The molecule has 1 aliphatic rings. The number of aromatic amines is 1. The number of benzene rings is 1. The topological polar surface area (TPSA) is 87.7 Å². The van der Waals surface area contributed by atoms with E-state index < -0.39 is 35.4 Å². The largest absolute Gasteiger partial charge is 0.480 e. The lowest BCUT2D eigenvalue weighted by Crippen LogP contribution is -2.35. The molecule has 0 spiro atoms. The molecule has 1 aliphatic heterocycles. The predicted octanol–water partition coefficient (Wildman–Crippen LogP) is 5.08. The molecule has 7 nitrogen and oxygen atoms in total. The van der Waals surface area contributed by atoms with E-state index in [2.05, 4.69) is 9.97 Å². The maximum Gasteiger partial charge on any atom is 0.342 e. The molecule has 1 aromatic carbocycles. The third-order valence-corrected chi connectivity index (χ3v) is 6.09. The third-order valence-electron chi connectivity index (χ3n) is 5.82. The number of pyridine rings is 1. The highest BCUT2D eigenvalue weighted by molar-refractivity contribution is 6.32. The van der Waals surface area contributed by atoms with Crippen molar-refractivity contribution in [3.05, 3.63) is 63.9 Å². The highest BCUT2D eigenvalue weighted by Crippen LogP contribution is 2.42. The smallest absolute Gasteiger partial charge is 0.342 e. The second-order valence-electron chi connectivity index (χ2n) is 9.35. The second kappa shape index (κ2) is 9.13. The molecule has 0 saturated carbocycles. The van der Waals surface area contributed by atoms with Gasteiger partial charge in [-0.3, -0.25) is 0 Å². The summed E-state index contributed by atoms with van der Waals surface area (Å²) >= 11 is 6.28. The Hall–Kier alpha value is -3.17. The number of methoxy groups -OCH3 is 1. The van der Waals surface area contributed by atoms with Crippen molar-refractivity contribution in [1.29, 1.82) is 0 Å². The van der Waals surface area contributed by atoms with Gasteiger partial charge >= 0.3 is 5.97 Å². The minimum Gasteiger partial charge on any atom is -0.480 e. The number of esters is 1. The average molecular weight is 506 g/mol. The predicted molar refractivity (Wildman–Crippen MR) is 128 cm³/mol. The van der Waals surface area contributed by atoms with E-state index in [1.165, 1.54) is 24.3 Å². The minimum atomic E-state index is -1.36. The van der Waals surface area contributed by atoms with Crippen molar-refractivity contribution >= 4 is 34.2 Å². The number of nitrogens with zero attached hydrogens (tertiary/aromatic N) is 2. The number of fused-ring (bicyclic) bond motifs is 3. The van der Waals surface area contributed by atoms with E-state index in [-0.39, 0.29) is 23.6 Å². The number of nitrogens with one attached hydrogen (secondary N) is 1. The fourth-order valence-electron chi connectivity index (χ4n) is 4.34. The van der Waals surface area contributed by atoms with E-state index in [1.54, 1.807) is 19.9 Å². The maximum absolute atomic E-state index is 13.9. The summed E-state index contributed by atoms with van der Waals surface area (Å²) in [6.45, 7) is 7.52. The fourth-order valence-corrected chi connectivity index (χ4v) is 4.57. The zero-order valence-electron chi connectivity index (χ0n) is 19.9. The highest BCUT2D eigenvalue weighted by atomic mass is 35.5. The lowest BCUT2D eigenvalue weighted by atomic mass is 9.83. The van der Waals surface area contributed by atoms with Crippen LogP contribution in [0.5, 0.6) is 5.88 Å². The van der Waals surface area contributed by atoms with Crippen LogP contribution < -0.4 is 4.74 Å². The fraction of sp³-hybridized carbons (Fsp3) is 0.360. The van der Waals surface area contributed by atoms with Crippen LogP contribution in [0.2, 0.25) is 5.02 Å². The number of H-pyrrole nitrogens is 1. The maximum atomic E-state index is 13.9. The van der Waals surface area contributed by atoms with Crippen molar-refractivity contribution in [2.75, 3.05) is 13.7 Å².